The fourth-order valence-corrected chi connectivity index (χ4v) is 5.16. The lowest BCUT2D eigenvalue weighted by Gasteiger charge is -2.34. The lowest BCUT2D eigenvalue weighted by Crippen LogP contribution is -2.44. The van der Waals surface area contributed by atoms with Crippen molar-refractivity contribution in [1.29, 1.82) is 0 Å². The van der Waals surface area contributed by atoms with Gasteiger partial charge in [-0.15, -0.1) is 0 Å². The fourth-order valence-electron chi connectivity index (χ4n) is 4.09. The summed E-state index contributed by atoms with van der Waals surface area (Å²) in [6.07, 6.45) is 5.56. The first-order valence-corrected chi connectivity index (χ1v) is 11.3. The van der Waals surface area contributed by atoms with Crippen molar-refractivity contribution < 1.29 is 9.29 Å². The molecule has 1 saturated heterocycles. The number of morpholine rings is 1. The predicted octanol–water partition coefficient (Wildman–Crippen LogP) is 3.22. The summed E-state index contributed by atoms with van der Waals surface area (Å²) in [6.45, 7) is 4.33. The molecule has 1 aliphatic heterocycles. The highest BCUT2D eigenvalue weighted by Crippen LogP contribution is 2.52. The van der Waals surface area contributed by atoms with Gasteiger partial charge in [0, 0.05) is 48.1 Å². The molecule has 28 heavy (non-hydrogen) atoms. The Bertz CT molecular complexity index is 1010. The summed E-state index contributed by atoms with van der Waals surface area (Å²) in [7, 11) is 0. The van der Waals surface area contributed by atoms with E-state index in [4.69, 9.17) is 14.7 Å². The van der Waals surface area contributed by atoms with Gasteiger partial charge in [-0.05, 0) is 30.2 Å². The van der Waals surface area contributed by atoms with Gasteiger partial charge in [0.1, 0.15) is 11.5 Å². The third-order valence-electron chi connectivity index (χ3n) is 5.93. The molecule has 146 valence electrons. The zero-order valence-electron chi connectivity index (χ0n) is 16.1. The first-order valence-electron chi connectivity index (χ1n) is 9.72. The molecule has 2 fully saturated rings. The maximum Gasteiger partial charge on any atom is 0.167 e. The zero-order valence-corrected chi connectivity index (χ0v) is 17.0. The Hall–Kier alpha value is -2.09. The van der Waals surface area contributed by atoms with Crippen LogP contribution in [0.15, 0.2) is 36.5 Å². The first-order chi connectivity index (χ1) is 13.6. The number of ether oxygens (including phenoxy) is 1. The second-order valence-electron chi connectivity index (χ2n) is 7.75. The summed E-state index contributed by atoms with van der Waals surface area (Å²) >= 11 is -0.961. The fraction of sp³-hybridized carbons (Fsp3) is 0.429. The van der Waals surface area contributed by atoms with Crippen molar-refractivity contribution in [3.63, 3.8) is 0 Å². The largest absolute Gasteiger partial charge is 0.616 e. The second-order valence-corrected chi connectivity index (χ2v) is 9.43. The molecule has 1 N–H and O–H groups in total. The molecule has 1 aliphatic carbocycles. The summed E-state index contributed by atoms with van der Waals surface area (Å²) in [6, 6.07) is 10.5. The van der Waals surface area contributed by atoms with Crippen LogP contribution in [0, 0.1) is 0 Å². The maximum atomic E-state index is 12.5. The topological polar surface area (TPSA) is 77.1 Å². The molecule has 0 bridgehead atoms. The summed E-state index contributed by atoms with van der Waals surface area (Å²) < 4.78 is 17.8. The van der Waals surface area contributed by atoms with Crippen LogP contribution >= 0.6 is 0 Å². The van der Waals surface area contributed by atoms with Crippen molar-refractivity contribution in [3.8, 4) is 11.4 Å². The highest BCUT2D eigenvalue weighted by atomic mass is 32.2. The van der Waals surface area contributed by atoms with E-state index in [0.717, 1.165) is 47.4 Å². The molecule has 2 atom stereocenters. The van der Waals surface area contributed by atoms with Gasteiger partial charge in [-0.1, -0.05) is 12.1 Å². The Morgan fingerprint density at radius 1 is 1.29 bits per heavy atom. The molecule has 0 radical (unpaired) electrons. The van der Waals surface area contributed by atoms with Gasteiger partial charge in [0.05, 0.1) is 25.5 Å². The molecule has 5 rings (SSSR count). The molecule has 2 aromatic heterocycles. The third-order valence-corrected chi connectivity index (χ3v) is 7.65. The van der Waals surface area contributed by atoms with Crippen molar-refractivity contribution in [2.24, 2.45) is 0 Å². The number of hydrogen-bond acceptors (Lipinski definition) is 5. The van der Waals surface area contributed by atoms with Crippen molar-refractivity contribution >= 4 is 27.9 Å². The third kappa shape index (κ3) is 2.89. The van der Waals surface area contributed by atoms with Gasteiger partial charge < -0.3 is 19.2 Å². The molecule has 3 aromatic rings. The van der Waals surface area contributed by atoms with E-state index < -0.39 is 11.2 Å². The lowest BCUT2D eigenvalue weighted by atomic mass is 10.1. The molecule has 2 unspecified atom stereocenters. The summed E-state index contributed by atoms with van der Waals surface area (Å²) in [5.74, 6) is 1.60. The van der Waals surface area contributed by atoms with Gasteiger partial charge in [0.25, 0.3) is 0 Å². The van der Waals surface area contributed by atoms with Gasteiger partial charge in [-0.3, -0.25) is 0 Å². The molecule has 1 saturated carbocycles. The van der Waals surface area contributed by atoms with E-state index in [1.165, 1.54) is 0 Å². The van der Waals surface area contributed by atoms with Crippen molar-refractivity contribution in [1.82, 2.24) is 15.0 Å². The van der Waals surface area contributed by atoms with E-state index in [0.29, 0.717) is 19.0 Å². The number of hydrogen-bond donors (Lipinski definition) is 1. The minimum Gasteiger partial charge on any atom is -0.616 e. The molecule has 7 heteroatoms. The van der Waals surface area contributed by atoms with E-state index in [-0.39, 0.29) is 10.8 Å². The Labute approximate surface area is 167 Å². The number of aromatic amines is 1. The van der Waals surface area contributed by atoms with E-state index >= 15 is 0 Å². The van der Waals surface area contributed by atoms with Crippen LogP contribution in [-0.4, -0.2) is 51.6 Å². The normalized spacial score (nSPS) is 22.4. The quantitative estimate of drug-likeness (QED) is 0.685. The average Bonchev–Trinajstić information content (AvgIpc) is 3.39. The zero-order chi connectivity index (χ0) is 19.3. The van der Waals surface area contributed by atoms with E-state index in [9.17, 15) is 4.55 Å². The van der Waals surface area contributed by atoms with Gasteiger partial charge in [-0.25, -0.2) is 9.97 Å². The second kappa shape index (κ2) is 6.76. The molecule has 2 aliphatic rings. The van der Waals surface area contributed by atoms with Crippen LogP contribution in [0.2, 0.25) is 0 Å². The van der Waals surface area contributed by atoms with E-state index in [1.54, 1.807) is 6.26 Å². The number of anilines is 1. The SMILES string of the molecule is CC1COCCN1c1cc(C2([S+](C)[O-])CC2)nc(-c2cccc3[nH]ccc23)n1. The maximum absolute atomic E-state index is 12.5. The van der Waals surface area contributed by atoms with Gasteiger partial charge in [0.15, 0.2) is 10.6 Å². The van der Waals surface area contributed by atoms with Crippen LogP contribution in [-0.2, 0) is 20.7 Å². The van der Waals surface area contributed by atoms with Gasteiger partial charge in [0.2, 0.25) is 0 Å². The minimum absolute atomic E-state index is 0.245. The van der Waals surface area contributed by atoms with Crippen LogP contribution in [0.5, 0.6) is 0 Å². The molecule has 3 heterocycles. The van der Waals surface area contributed by atoms with Crippen molar-refractivity contribution in [3.05, 3.63) is 42.2 Å². The number of benzene rings is 1. The summed E-state index contributed by atoms with van der Waals surface area (Å²) in [5.41, 5.74) is 2.97. The average molecular weight is 397 g/mol. The van der Waals surface area contributed by atoms with Crippen LogP contribution in [0.1, 0.15) is 25.5 Å². The van der Waals surface area contributed by atoms with Gasteiger partial charge in [-0.2, -0.15) is 0 Å². The molecule has 0 amide bonds. The Morgan fingerprint density at radius 3 is 2.89 bits per heavy atom. The Kier molecular flexibility index (Phi) is 4.34. The molecular formula is C21H24N4O2S. The number of nitrogens with zero attached hydrogens (tertiary/aromatic N) is 3. The summed E-state index contributed by atoms with van der Waals surface area (Å²) in [4.78, 5) is 15.4. The van der Waals surface area contributed by atoms with Crippen LogP contribution in [0.4, 0.5) is 5.82 Å². The number of fused-ring (bicyclic) bond motifs is 1. The standard InChI is InChI=1S/C21H24N4O2S/c1-14-13-27-11-10-25(14)19-12-18(21(7-8-21)28(2)26)23-20(24-19)16-4-3-5-17-15(16)6-9-22-17/h3-6,9,12,14,22H,7-8,10-11,13H2,1-2H3. The lowest BCUT2D eigenvalue weighted by molar-refractivity contribution is 0.0985. The predicted molar refractivity (Wildman–Crippen MR) is 112 cm³/mol. The highest BCUT2D eigenvalue weighted by molar-refractivity contribution is 7.91. The molecule has 6 nitrogen and oxygen atoms in total. The Balaban J connectivity index is 1.68. The van der Waals surface area contributed by atoms with E-state index in [2.05, 4.69) is 41.1 Å². The minimum atomic E-state index is -0.961. The van der Waals surface area contributed by atoms with E-state index in [1.807, 2.05) is 12.3 Å². The number of H-pyrrole nitrogens is 1. The van der Waals surface area contributed by atoms with Crippen molar-refractivity contribution in [2.45, 2.75) is 30.6 Å². The number of aromatic nitrogens is 3. The molecule has 0 spiro atoms. The van der Waals surface area contributed by atoms with Gasteiger partial charge >= 0.3 is 0 Å². The van der Waals surface area contributed by atoms with Crippen molar-refractivity contribution in [2.75, 3.05) is 30.9 Å². The number of rotatable bonds is 4. The highest BCUT2D eigenvalue weighted by Gasteiger charge is 2.55. The summed E-state index contributed by atoms with van der Waals surface area (Å²) in [5, 5.41) is 1.10. The smallest absolute Gasteiger partial charge is 0.167 e. The molecule has 1 aromatic carbocycles. The van der Waals surface area contributed by atoms with Crippen LogP contribution in [0.3, 0.4) is 0 Å². The first kappa shape index (κ1) is 18.0. The monoisotopic (exact) mass is 396 g/mol. The van der Waals surface area contributed by atoms with Crippen LogP contribution < -0.4 is 4.90 Å². The van der Waals surface area contributed by atoms with Crippen LogP contribution in [0.25, 0.3) is 22.3 Å². The molecular weight excluding hydrogens is 372 g/mol. The Morgan fingerprint density at radius 2 is 2.14 bits per heavy atom. The number of nitrogens with one attached hydrogen (secondary N) is 1.